The van der Waals surface area contributed by atoms with Gasteiger partial charge in [-0.25, -0.2) is 0 Å². The van der Waals surface area contributed by atoms with E-state index in [-0.39, 0.29) is 5.60 Å². The van der Waals surface area contributed by atoms with Crippen molar-refractivity contribution in [2.75, 3.05) is 5.32 Å². The molecule has 1 aromatic rings. The van der Waals surface area contributed by atoms with E-state index in [1.54, 1.807) is 0 Å². The van der Waals surface area contributed by atoms with Gasteiger partial charge in [0.05, 0.1) is 0 Å². The van der Waals surface area contributed by atoms with Crippen molar-refractivity contribution >= 4 is 39.0 Å². The third-order valence-corrected chi connectivity index (χ3v) is 3.46. The molecule has 0 saturated heterocycles. The van der Waals surface area contributed by atoms with Crippen LogP contribution in [0.5, 0.6) is 0 Å². The second kappa shape index (κ2) is 3.76. The van der Waals surface area contributed by atoms with Gasteiger partial charge in [-0.2, -0.15) is 0 Å². The topological polar surface area (TPSA) is 21.3 Å². The molecule has 0 amide bonds. The number of fused-ring (bicyclic) bond motifs is 1. The van der Waals surface area contributed by atoms with Crippen molar-refractivity contribution < 1.29 is 4.74 Å². The first kappa shape index (κ1) is 10.9. The summed E-state index contributed by atoms with van der Waals surface area (Å²) in [5.74, 6) is 0. The summed E-state index contributed by atoms with van der Waals surface area (Å²) in [6, 6.07) is 6.09. The normalized spacial score (nSPS) is 24.1. The first-order valence-electron chi connectivity index (χ1n) is 4.85. The van der Waals surface area contributed by atoms with Gasteiger partial charge < -0.3 is 10.1 Å². The number of hydrogen-bond acceptors (Lipinski definition) is 2. The summed E-state index contributed by atoms with van der Waals surface area (Å²) in [6.07, 6.45) is 0.887. The van der Waals surface area contributed by atoms with Crippen molar-refractivity contribution in [3.8, 4) is 0 Å². The standard InChI is InChI=1S/C11H12BrNOS/c1-3-11(2)8-6-7(12)4-5-9(8)13-10(15)14-11/h4-6H,3H2,1-2H3,(H,13,15)/t11-/m1/s1. The summed E-state index contributed by atoms with van der Waals surface area (Å²) in [7, 11) is 0. The van der Waals surface area contributed by atoms with Crippen LogP contribution in [0.3, 0.4) is 0 Å². The predicted octanol–water partition coefficient (Wildman–Crippen LogP) is 3.80. The minimum absolute atomic E-state index is 0.318. The molecule has 1 aliphatic heterocycles. The van der Waals surface area contributed by atoms with Crippen molar-refractivity contribution in [1.82, 2.24) is 0 Å². The minimum atomic E-state index is -0.318. The number of hydrogen-bond donors (Lipinski definition) is 1. The maximum absolute atomic E-state index is 5.70. The fourth-order valence-corrected chi connectivity index (χ4v) is 2.38. The first-order chi connectivity index (χ1) is 7.05. The molecule has 15 heavy (non-hydrogen) atoms. The molecule has 0 unspecified atom stereocenters. The van der Waals surface area contributed by atoms with E-state index in [1.807, 2.05) is 12.1 Å². The molecule has 0 fully saturated rings. The molecular weight excluding hydrogens is 274 g/mol. The molecule has 1 aromatic carbocycles. The maximum Gasteiger partial charge on any atom is 0.262 e. The molecule has 4 heteroatoms. The third kappa shape index (κ3) is 1.88. The molecule has 0 bridgehead atoms. The van der Waals surface area contributed by atoms with Crippen LogP contribution in [0.4, 0.5) is 5.69 Å². The molecule has 1 aliphatic rings. The van der Waals surface area contributed by atoms with E-state index in [0.29, 0.717) is 5.17 Å². The summed E-state index contributed by atoms with van der Waals surface area (Å²) >= 11 is 8.56. The Balaban J connectivity index is 2.57. The highest BCUT2D eigenvalue weighted by Crippen LogP contribution is 2.39. The molecule has 0 aliphatic carbocycles. The van der Waals surface area contributed by atoms with Crippen LogP contribution in [0.1, 0.15) is 25.8 Å². The molecule has 2 rings (SSSR count). The van der Waals surface area contributed by atoms with Crippen LogP contribution in [0.15, 0.2) is 22.7 Å². The number of rotatable bonds is 1. The lowest BCUT2D eigenvalue weighted by molar-refractivity contribution is 0.0689. The molecule has 1 atom stereocenters. The Hall–Kier alpha value is -0.610. The molecule has 1 N–H and O–H groups in total. The van der Waals surface area contributed by atoms with Gasteiger partial charge in [0.1, 0.15) is 5.60 Å². The lowest BCUT2D eigenvalue weighted by atomic mass is 9.90. The lowest BCUT2D eigenvalue weighted by Gasteiger charge is -2.36. The monoisotopic (exact) mass is 285 g/mol. The van der Waals surface area contributed by atoms with Crippen molar-refractivity contribution in [1.29, 1.82) is 0 Å². The smallest absolute Gasteiger partial charge is 0.262 e. The van der Waals surface area contributed by atoms with Crippen LogP contribution in [-0.4, -0.2) is 5.17 Å². The summed E-state index contributed by atoms with van der Waals surface area (Å²) < 4.78 is 6.76. The zero-order valence-electron chi connectivity index (χ0n) is 8.63. The Morgan fingerprint density at radius 1 is 1.53 bits per heavy atom. The van der Waals surface area contributed by atoms with Crippen LogP contribution in [0.2, 0.25) is 0 Å². The van der Waals surface area contributed by atoms with Crippen molar-refractivity contribution in [3.05, 3.63) is 28.2 Å². The molecular formula is C11H12BrNOS. The Morgan fingerprint density at radius 2 is 2.27 bits per heavy atom. The maximum atomic E-state index is 5.70. The van der Waals surface area contributed by atoms with Gasteiger partial charge in [0.15, 0.2) is 0 Å². The minimum Gasteiger partial charge on any atom is -0.460 e. The largest absolute Gasteiger partial charge is 0.460 e. The second-order valence-corrected chi connectivity index (χ2v) is 5.08. The predicted molar refractivity (Wildman–Crippen MR) is 69.1 cm³/mol. The van der Waals surface area contributed by atoms with E-state index in [0.717, 1.165) is 22.1 Å². The molecule has 80 valence electrons. The molecule has 0 spiro atoms. The average Bonchev–Trinajstić information content (AvgIpc) is 2.19. The Bertz CT molecular complexity index is 421. The Labute approximate surface area is 103 Å². The SMILES string of the molecule is CC[C@@]1(C)OC(=S)Nc2ccc(Br)cc21. The van der Waals surface area contributed by atoms with Crippen LogP contribution in [-0.2, 0) is 10.3 Å². The van der Waals surface area contributed by atoms with Crippen LogP contribution in [0.25, 0.3) is 0 Å². The van der Waals surface area contributed by atoms with Crippen LogP contribution in [0, 0.1) is 0 Å². The molecule has 0 radical (unpaired) electrons. The summed E-state index contributed by atoms with van der Waals surface area (Å²) in [5, 5.41) is 3.52. The molecule has 2 nitrogen and oxygen atoms in total. The Kier molecular flexibility index (Phi) is 2.73. The highest BCUT2D eigenvalue weighted by atomic mass is 79.9. The Morgan fingerprint density at radius 3 is 2.93 bits per heavy atom. The second-order valence-electron chi connectivity index (χ2n) is 3.79. The van der Waals surface area contributed by atoms with Gasteiger partial charge in [-0.15, -0.1) is 0 Å². The molecule has 1 heterocycles. The van der Waals surface area contributed by atoms with Gasteiger partial charge in [0.2, 0.25) is 0 Å². The number of ether oxygens (including phenoxy) is 1. The number of benzene rings is 1. The van der Waals surface area contributed by atoms with Crippen molar-refractivity contribution in [3.63, 3.8) is 0 Å². The van der Waals surface area contributed by atoms with E-state index in [2.05, 4.69) is 41.2 Å². The fraction of sp³-hybridized carbons (Fsp3) is 0.364. The summed E-state index contributed by atoms with van der Waals surface area (Å²) in [6.45, 7) is 4.16. The zero-order valence-corrected chi connectivity index (χ0v) is 11.0. The van der Waals surface area contributed by atoms with Gasteiger partial charge in [-0.3, -0.25) is 0 Å². The first-order valence-corrected chi connectivity index (χ1v) is 6.05. The van der Waals surface area contributed by atoms with E-state index in [1.165, 1.54) is 0 Å². The van der Waals surface area contributed by atoms with E-state index < -0.39 is 0 Å². The van der Waals surface area contributed by atoms with Gasteiger partial charge in [0.25, 0.3) is 5.17 Å². The van der Waals surface area contributed by atoms with Gasteiger partial charge >= 0.3 is 0 Å². The van der Waals surface area contributed by atoms with Crippen molar-refractivity contribution in [2.24, 2.45) is 0 Å². The van der Waals surface area contributed by atoms with E-state index in [9.17, 15) is 0 Å². The number of thiocarbonyl (C=S) groups is 1. The summed E-state index contributed by atoms with van der Waals surface area (Å²) in [5.41, 5.74) is 1.87. The number of nitrogens with one attached hydrogen (secondary N) is 1. The highest BCUT2D eigenvalue weighted by Gasteiger charge is 2.34. The van der Waals surface area contributed by atoms with Gasteiger partial charge in [-0.1, -0.05) is 22.9 Å². The molecule has 0 saturated carbocycles. The number of halogens is 1. The molecule has 0 aromatic heterocycles. The van der Waals surface area contributed by atoms with Crippen LogP contribution < -0.4 is 5.32 Å². The van der Waals surface area contributed by atoms with Gasteiger partial charge in [0, 0.05) is 15.7 Å². The van der Waals surface area contributed by atoms with E-state index in [4.69, 9.17) is 17.0 Å². The lowest BCUT2D eigenvalue weighted by Crippen LogP contribution is -2.36. The summed E-state index contributed by atoms with van der Waals surface area (Å²) in [4.78, 5) is 0. The van der Waals surface area contributed by atoms with Crippen LogP contribution >= 0.6 is 28.1 Å². The number of anilines is 1. The van der Waals surface area contributed by atoms with Gasteiger partial charge in [-0.05, 0) is 43.8 Å². The highest BCUT2D eigenvalue weighted by molar-refractivity contribution is 9.10. The average molecular weight is 286 g/mol. The van der Waals surface area contributed by atoms with E-state index >= 15 is 0 Å². The van der Waals surface area contributed by atoms with Crippen molar-refractivity contribution in [2.45, 2.75) is 25.9 Å². The zero-order chi connectivity index (χ0) is 11.1. The third-order valence-electron chi connectivity index (χ3n) is 2.78. The quantitative estimate of drug-likeness (QED) is 0.793. The fourth-order valence-electron chi connectivity index (χ4n) is 1.72.